The summed E-state index contributed by atoms with van der Waals surface area (Å²) in [6.45, 7) is 1.30. The van der Waals surface area contributed by atoms with Crippen LogP contribution in [0.3, 0.4) is 0 Å². The number of rotatable bonds is 2. The van der Waals surface area contributed by atoms with E-state index in [2.05, 4.69) is 15.5 Å². The minimum atomic E-state index is -0.780. The molecule has 1 N–H and O–H groups in total. The Hall–Kier alpha value is -1.47. The number of carbonyl (C=O) groups is 1. The minimum absolute atomic E-state index is 0.0424. The summed E-state index contributed by atoms with van der Waals surface area (Å²) in [6, 6.07) is 1.01. The summed E-state index contributed by atoms with van der Waals surface area (Å²) < 4.78 is 26.9. The van der Waals surface area contributed by atoms with Crippen LogP contribution >= 0.6 is 23.4 Å². The first-order chi connectivity index (χ1) is 8.99. The third-order valence-electron chi connectivity index (χ3n) is 2.36. The molecule has 1 saturated heterocycles. The van der Waals surface area contributed by atoms with Gasteiger partial charge in [-0.2, -0.15) is 5.10 Å². The predicted octanol–water partition coefficient (Wildman–Crippen LogP) is 2.48. The summed E-state index contributed by atoms with van der Waals surface area (Å²) in [5.74, 6) is -1.39. The number of nitrogens with one attached hydrogen (secondary N) is 1. The van der Waals surface area contributed by atoms with Crippen LogP contribution in [0.1, 0.15) is 11.1 Å². The Bertz CT molecular complexity index is 604. The summed E-state index contributed by atoms with van der Waals surface area (Å²) >= 11 is 6.92. The number of amides is 1. The zero-order chi connectivity index (χ0) is 14.0. The number of halogens is 3. The third-order valence-corrected chi connectivity index (χ3v) is 3.53. The van der Waals surface area contributed by atoms with E-state index in [4.69, 9.17) is 11.6 Å². The van der Waals surface area contributed by atoms with Crippen molar-refractivity contribution in [3.05, 3.63) is 33.9 Å². The summed E-state index contributed by atoms with van der Waals surface area (Å²) in [5.41, 5.74) is -0.179. The van der Waals surface area contributed by atoms with Gasteiger partial charge in [0, 0.05) is 11.1 Å². The Labute approximate surface area is 116 Å². The normalized spacial score (nSPS) is 17.5. The van der Waals surface area contributed by atoms with Gasteiger partial charge in [0.15, 0.2) is 5.17 Å². The molecule has 1 fully saturated rings. The first-order valence-electron chi connectivity index (χ1n) is 5.17. The van der Waals surface area contributed by atoms with Gasteiger partial charge in [0.05, 0.1) is 17.0 Å². The highest BCUT2D eigenvalue weighted by atomic mass is 35.5. The Kier molecular flexibility index (Phi) is 4.16. The Balaban J connectivity index is 2.24. The highest BCUT2D eigenvalue weighted by Crippen LogP contribution is 2.23. The van der Waals surface area contributed by atoms with Crippen LogP contribution in [-0.4, -0.2) is 23.0 Å². The largest absolute Gasteiger partial charge is 0.303 e. The fourth-order valence-electron chi connectivity index (χ4n) is 1.35. The van der Waals surface area contributed by atoms with Crippen LogP contribution in [0.5, 0.6) is 0 Å². The van der Waals surface area contributed by atoms with Gasteiger partial charge >= 0.3 is 0 Å². The quantitative estimate of drug-likeness (QED) is 0.674. The molecule has 1 aliphatic heterocycles. The van der Waals surface area contributed by atoms with Gasteiger partial charge in [-0.15, -0.1) is 5.10 Å². The maximum atomic E-state index is 13.7. The Morgan fingerprint density at radius 2 is 2.26 bits per heavy atom. The van der Waals surface area contributed by atoms with Crippen molar-refractivity contribution in [3.63, 3.8) is 0 Å². The van der Waals surface area contributed by atoms with Gasteiger partial charge < -0.3 is 5.32 Å². The second kappa shape index (κ2) is 5.66. The van der Waals surface area contributed by atoms with E-state index in [0.29, 0.717) is 5.17 Å². The van der Waals surface area contributed by atoms with Crippen molar-refractivity contribution in [2.45, 2.75) is 6.92 Å². The van der Waals surface area contributed by atoms with Gasteiger partial charge in [-0.05, 0) is 13.0 Å². The van der Waals surface area contributed by atoms with Crippen LogP contribution in [0.2, 0.25) is 5.02 Å². The molecule has 1 heterocycles. The molecule has 0 spiro atoms. The number of hydrogen-bond donors (Lipinski definition) is 1. The van der Waals surface area contributed by atoms with Crippen molar-refractivity contribution in [1.82, 2.24) is 5.32 Å². The highest BCUT2D eigenvalue weighted by Gasteiger charge is 2.16. The Morgan fingerprint density at radius 3 is 2.89 bits per heavy atom. The number of carbonyl (C=O) groups excluding carboxylic acids is 1. The number of nitrogens with zero attached hydrogens (tertiary/aromatic N) is 2. The standard InChI is InChI=1S/C11H8ClF2N3OS/c1-5-8(13)2-7(12)6(10(5)14)3-15-17-11-16-9(18)4-19-11/h2-3H,4H2,1H3,(H,16,17,18). The lowest BCUT2D eigenvalue weighted by Crippen LogP contribution is -2.19. The van der Waals surface area contributed by atoms with Gasteiger partial charge in [-0.1, -0.05) is 23.4 Å². The number of benzene rings is 1. The molecule has 0 atom stereocenters. The van der Waals surface area contributed by atoms with Crippen LogP contribution in [-0.2, 0) is 4.79 Å². The average molecular weight is 304 g/mol. The highest BCUT2D eigenvalue weighted by molar-refractivity contribution is 8.15. The maximum Gasteiger partial charge on any atom is 0.236 e. The molecule has 8 heteroatoms. The van der Waals surface area contributed by atoms with E-state index in [1.165, 1.54) is 18.7 Å². The zero-order valence-corrected chi connectivity index (χ0v) is 11.3. The van der Waals surface area contributed by atoms with Crippen LogP contribution < -0.4 is 5.32 Å². The van der Waals surface area contributed by atoms with E-state index in [1.54, 1.807) is 0 Å². The molecule has 1 aromatic rings. The van der Waals surface area contributed by atoms with Gasteiger partial charge in [0.25, 0.3) is 0 Å². The summed E-state index contributed by atoms with van der Waals surface area (Å²) in [7, 11) is 0. The van der Waals surface area contributed by atoms with E-state index >= 15 is 0 Å². The lowest BCUT2D eigenvalue weighted by Gasteiger charge is -2.04. The van der Waals surface area contributed by atoms with Crippen LogP contribution in [0.4, 0.5) is 8.78 Å². The SMILES string of the molecule is Cc1c(F)cc(Cl)c(C=NN=C2NC(=O)CS2)c1F. The van der Waals surface area contributed by atoms with Crippen LogP contribution in [0.15, 0.2) is 16.3 Å². The lowest BCUT2D eigenvalue weighted by atomic mass is 10.1. The van der Waals surface area contributed by atoms with Gasteiger partial charge in [0.1, 0.15) is 11.6 Å². The van der Waals surface area contributed by atoms with Crippen molar-refractivity contribution >= 4 is 40.7 Å². The molecule has 0 saturated carbocycles. The molecule has 4 nitrogen and oxygen atoms in total. The summed E-state index contributed by atoms with van der Waals surface area (Å²) in [4.78, 5) is 10.9. The monoisotopic (exact) mass is 303 g/mol. The van der Waals surface area contributed by atoms with E-state index in [-0.39, 0.29) is 27.8 Å². The molecule has 1 aromatic carbocycles. The zero-order valence-electron chi connectivity index (χ0n) is 9.71. The molecule has 0 bridgehead atoms. The Morgan fingerprint density at radius 1 is 1.53 bits per heavy atom. The smallest absolute Gasteiger partial charge is 0.236 e. The predicted molar refractivity (Wildman–Crippen MR) is 71.7 cm³/mol. The van der Waals surface area contributed by atoms with Crippen LogP contribution in [0, 0.1) is 18.6 Å². The second-order valence-electron chi connectivity index (χ2n) is 3.68. The molecule has 19 heavy (non-hydrogen) atoms. The number of thioether (sulfide) groups is 1. The minimum Gasteiger partial charge on any atom is -0.303 e. The van der Waals surface area contributed by atoms with E-state index in [0.717, 1.165) is 12.3 Å². The molecule has 0 aliphatic carbocycles. The van der Waals surface area contributed by atoms with Crippen molar-refractivity contribution in [2.24, 2.45) is 10.2 Å². The molecular formula is C11H8ClF2N3OS. The molecule has 1 amide bonds. The number of amidine groups is 1. The fourth-order valence-corrected chi connectivity index (χ4v) is 2.20. The van der Waals surface area contributed by atoms with Gasteiger partial charge in [-0.3, -0.25) is 4.79 Å². The van der Waals surface area contributed by atoms with Gasteiger partial charge in [-0.25, -0.2) is 8.78 Å². The van der Waals surface area contributed by atoms with Crippen LogP contribution in [0.25, 0.3) is 0 Å². The first-order valence-corrected chi connectivity index (χ1v) is 6.53. The van der Waals surface area contributed by atoms with Crippen molar-refractivity contribution in [2.75, 3.05) is 5.75 Å². The van der Waals surface area contributed by atoms with Crippen molar-refractivity contribution in [3.8, 4) is 0 Å². The van der Waals surface area contributed by atoms with E-state index in [1.807, 2.05) is 0 Å². The molecule has 0 unspecified atom stereocenters. The molecule has 0 radical (unpaired) electrons. The molecule has 0 aromatic heterocycles. The van der Waals surface area contributed by atoms with E-state index in [9.17, 15) is 13.6 Å². The average Bonchev–Trinajstić information content (AvgIpc) is 2.77. The van der Waals surface area contributed by atoms with Crippen molar-refractivity contribution < 1.29 is 13.6 Å². The number of hydrogen-bond acceptors (Lipinski definition) is 4. The molecule has 100 valence electrons. The molecule has 1 aliphatic rings. The lowest BCUT2D eigenvalue weighted by molar-refractivity contribution is -0.116. The van der Waals surface area contributed by atoms with Gasteiger partial charge in [0.2, 0.25) is 5.91 Å². The summed E-state index contributed by atoms with van der Waals surface area (Å²) in [5, 5.41) is 10.0. The fraction of sp³-hybridized carbons (Fsp3) is 0.182. The van der Waals surface area contributed by atoms with Crippen molar-refractivity contribution in [1.29, 1.82) is 0 Å². The first kappa shape index (κ1) is 14.0. The summed E-state index contributed by atoms with van der Waals surface area (Å²) in [6.07, 6.45) is 1.09. The molecular weight excluding hydrogens is 296 g/mol. The molecule has 2 rings (SSSR count). The maximum absolute atomic E-state index is 13.7. The van der Waals surface area contributed by atoms with E-state index < -0.39 is 11.6 Å². The third kappa shape index (κ3) is 3.10. The topological polar surface area (TPSA) is 53.8 Å². The second-order valence-corrected chi connectivity index (χ2v) is 5.05.